The van der Waals surface area contributed by atoms with Crippen molar-refractivity contribution >= 4 is 48.8 Å². The molecule has 1 saturated carbocycles. The van der Waals surface area contributed by atoms with Crippen LogP contribution in [-0.2, 0) is 26.3 Å². The standard InChI is InChI=1S/C28H34Cl2N2O3Si/c1-36(2,3)12-11-35-17-32-24-16-22(30)15-20(13-18-7-8-18)26(24)28(27(32)34)23(9-10-25(33)31-28)19-5-4-6-21(29)14-19/h4-6,14-16,18,23H,7-13,17H2,1-3H3,(H,31,33)/t23-,28+/m1/s1. The quantitative estimate of drug-likeness (QED) is 0.305. The van der Waals surface area contributed by atoms with Gasteiger partial charge in [0.1, 0.15) is 6.73 Å². The summed E-state index contributed by atoms with van der Waals surface area (Å²) in [5, 5.41) is 4.42. The van der Waals surface area contributed by atoms with E-state index in [0.29, 0.717) is 35.4 Å². The van der Waals surface area contributed by atoms with Crippen LogP contribution in [0.25, 0.3) is 0 Å². The first kappa shape index (κ1) is 25.8. The molecule has 2 amide bonds. The maximum atomic E-state index is 14.5. The number of amides is 2. The van der Waals surface area contributed by atoms with Crippen molar-refractivity contribution in [1.29, 1.82) is 0 Å². The molecule has 192 valence electrons. The van der Waals surface area contributed by atoms with Crippen LogP contribution < -0.4 is 10.2 Å². The second kappa shape index (κ2) is 9.79. The molecule has 0 aromatic heterocycles. The number of ether oxygens (including phenoxy) is 1. The molecule has 1 N–H and O–H groups in total. The minimum atomic E-state index is -1.28. The zero-order valence-corrected chi connectivity index (χ0v) is 23.7. The van der Waals surface area contributed by atoms with Crippen molar-refractivity contribution in [3.05, 3.63) is 63.1 Å². The third kappa shape index (κ3) is 4.98. The lowest BCUT2D eigenvalue weighted by Gasteiger charge is -2.42. The number of carbonyl (C=O) groups is 2. The number of carbonyl (C=O) groups excluding carboxylic acids is 2. The van der Waals surface area contributed by atoms with Gasteiger partial charge in [-0.1, -0.05) is 55.0 Å². The molecule has 0 unspecified atom stereocenters. The van der Waals surface area contributed by atoms with Crippen molar-refractivity contribution in [2.75, 3.05) is 18.2 Å². The minimum Gasteiger partial charge on any atom is -0.361 e. The molecule has 1 spiro atoms. The smallest absolute Gasteiger partial charge is 0.260 e. The van der Waals surface area contributed by atoms with Gasteiger partial charge in [-0.15, -0.1) is 0 Å². The largest absolute Gasteiger partial charge is 0.361 e. The van der Waals surface area contributed by atoms with E-state index in [0.717, 1.165) is 34.8 Å². The van der Waals surface area contributed by atoms with E-state index in [2.05, 4.69) is 25.0 Å². The number of rotatable bonds is 8. The highest BCUT2D eigenvalue weighted by atomic mass is 35.5. The van der Waals surface area contributed by atoms with Gasteiger partial charge in [0.15, 0.2) is 5.54 Å². The first-order valence-electron chi connectivity index (χ1n) is 12.9. The van der Waals surface area contributed by atoms with E-state index in [-0.39, 0.29) is 24.5 Å². The molecule has 2 aromatic rings. The molecule has 5 rings (SSSR count). The lowest BCUT2D eigenvalue weighted by molar-refractivity contribution is -0.136. The van der Waals surface area contributed by atoms with Crippen molar-refractivity contribution in [1.82, 2.24) is 5.32 Å². The molecule has 36 heavy (non-hydrogen) atoms. The molecular formula is C28H34Cl2N2O3Si. The molecule has 5 nitrogen and oxygen atoms in total. The van der Waals surface area contributed by atoms with Crippen molar-refractivity contribution in [3.8, 4) is 0 Å². The molecule has 2 fully saturated rings. The normalized spacial score (nSPS) is 23.8. The Morgan fingerprint density at radius 1 is 1.08 bits per heavy atom. The Kier molecular flexibility index (Phi) is 7.01. The van der Waals surface area contributed by atoms with Crippen LogP contribution in [0.4, 0.5) is 5.69 Å². The first-order valence-corrected chi connectivity index (χ1v) is 17.3. The predicted octanol–water partition coefficient (Wildman–Crippen LogP) is 6.49. The highest BCUT2D eigenvalue weighted by molar-refractivity contribution is 6.76. The van der Waals surface area contributed by atoms with Crippen LogP contribution in [0.1, 0.15) is 48.3 Å². The summed E-state index contributed by atoms with van der Waals surface area (Å²) in [6, 6.07) is 12.5. The van der Waals surface area contributed by atoms with E-state index in [9.17, 15) is 9.59 Å². The summed E-state index contributed by atoms with van der Waals surface area (Å²) in [4.78, 5) is 29.1. The fourth-order valence-corrected chi connectivity index (χ4v) is 6.83. The topological polar surface area (TPSA) is 58.6 Å². The van der Waals surface area contributed by atoms with Gasteiger partial charge in [0.25, 0.3) is 5.91 Å². The summed E-state index contributed by atoms with van der Waals surface area (Å²) in [5.41, 5.74) is 2.44. The molecule has 3 aliphatic rings. The van der Waals surface area contributed by atoms with Gasteiger partial charge in [-0.3, -0.25) is 14.5 Å². The fourth-order valence-electron chi connectivity index (χ4n) is 5.64. The van der Waals surface area contributed by atoms with E-state index in [1.54, 1.807) is 4.90 Å². The number of hydrogen-bond donors (Lipinski definition) is 1. The minimum absolute atomic E-state index is 0.110. The van der Waals surface area contributed by atoms with E-state index in [4.69, 9.17) is 27.9 Å². The van der Waals surface area contributed by atoms with Crippen LogP contribution in [0, 0.1) is 5.92 Å². The van der Waals surface area contributed by atoms with Crippen LogP contribution in [-0.4, -0.2) is 33.2 Å². The molecule has 2 heterocycles. The fraction of sp³-hybridized carbons (Fsp3) is 0.500. The maximum Gasteiger partial charge on any atom is 0.260 e. The second-order valence-corrected chi connectivity index (χ2v) is 18.2. The number of benzene rings is 2. The van der Waals surface area contributed by atoms with Gasteiger partial charge in [-0.05, 0) is 73.0 Å². The molecular weight excluding hydrogens is 511 g/mol. The molecule has 2 aromatic carbocycles. The highest BCUT2D eigenvalue weighted by Crippen LogP contribution is 2.54. The summed E-state index contributed by atoms with van der Waals surface area (Å²) in [5.74, 6) is 0.0844. The van der Waals surface area contributed by atoms with Gasteiger partial charge in [0.2, 0.25) is 5.91 Å². The van der Waals surface area contributed by atoms with E-state index < -0.39 is 13.6 Å². The van der Waals surface area contributed by atoms with Crippen molar-refractivity contribution in [2.24, 2.45) is 5.92 Å². The van der Waals surface area contributed by atoms with Gasteiger partial charge in [-0.25, -0.2) is 0 Å². The Labute approximate surface area is 224 Å². The zero-order valence-electron chi connectivity index (χ0n) is 21.2. The summed E-state index contributed by atoms with van der Waals surface area (Å²) < 4.78 is 6.08. The average Bonchev–Trinajstić information content (AvgIpc) is 3.58. The SMILES string of the molecule is C[Si](C)(C)CCOCN1C(=O)[C@@]2(NC(=O)CC[C@@H]2c2cccc(Cl)c2)c2c(CC3CC3)cc(Cl)cc21. The number of anilines is 1. The Balaban J connectivity index is 1.62. The molecule has 8 heteroatoms. The zero-order chi connectivity index (χ0) is 25.7. The molecule has 1 aliphatic carbocycles. The molecule has 2 aliphatic heterocycles. The summed E-state index contributed by atoms with van der Waals surface area (Å²) in [6.07, 6.45) is 4.12. The second-order valence-electron chi connectivity index (χ2n) is 11.7. The first-order chi connectivity index (χ1) is 17.1. The number of nitrogens with zero attached hydrogens (tertiary/aromatic N) is 1. The van der Waals surface area contributed by atoms with Gasteiger partial charge >= 0.3 is 0 Å². The third-order valence-corrected chi connectivity index (χ3v) is 9.78. The number of hydrogen-bond acceptors (Lipinski definition) is 3. The van der Waals surface area contributed by atoms with Crippen LogP contribution in [0.15, 0.2) is 36.4 Å². The summed E-state index contributed by atoms with van der Waals surface area (Å²) >= 11 is 13.0. The van der Waals surface area contributed by atoms with Gasteiger partial charge < -0.3 is 10.1 Å². The van der Waals surface area contributed by atoms with Gasteiger partial charge in [0.05, 0.1) is 5.69 Å². The van der Waals surface area contributed by atoms with E-state index in [1.807, 2.05) is 36.4 Å². The monoisotopic (exact) mass is 544 g/mol. The van der Waals surface area contributed by atoms with Crippen molar-refractivity contribution < 1.29 is 14.3 Å². The van der Waals surface area contributed by atoms with E-state index >= 15 is 0 Å². The molecule has 0 radical (unpaired) electrons. The van der Waals surface area contributed by atoms with Crippen LogP contribution >= 0.6 is 23.2 Å². The van der Waals surface area contributed by atoms with Crippen LogP contribution in [0.2, 0.25) is 35.7 Å². The number of nitrogens with one attached hydrogen (secondary N) is 1. The molecule has 2 atom stereocenters. The Morgan fingerprint density at radius 2 is 1.86 bits per heavy atom. The lowest BCUT2D eigenvalue weighted by atomic mass is 9.69. The Morgan fingerprint density at radius 3 is 2.56 bits per heavy atom. The maximum absolute atomic E-state index is 14.5. The lowest BCUT2D eigenvalue weighted by Crippen LogP contribution is -2.59. The predicted molar refractivity (Wildman–Crippen MR) is 148 cm³/mol. The number of fused-ring (bicyclic) bond motifs is 2. The van der Waals surface area contributed by atoms with Gasteiger partial charge in [-0.2, -0.15) is 0 Å². The van der Waals surface area contributed by atoms with Gasteiger partial charge in [0, 0.05) is 42.6 Å². The van der Waals surface area contributed by atoms with E-state index in [1.165, 1.54) is 12.8 Å². The number of piperidine rings is 1. The summed E-state index contributed by atoms with van der Waals surface area (Å²) in [7, 11) is -1.28. The van der Waals surface area contributed by atoms with Crippen LogP contribution in [0.3, 0.4) is 0 Å². The Hall–Kier alpha value is -1.86. The number of halogens is 2. The van der Waals surface area contributed by atoms with Crippen molar-refractivity contribution in [3.63, 3.8) is 0 Å². The average molecular weight is 546 g/mol. The Bertz CT molecular complexity index is 1190. The highest BCUT2D eigenvalue weighted by Gasteiger charge is 2.59. The molecule has 1 saturated heterocycles. The third-order valence-electron chi connectivity index (χ3n) is 7.62. The summed E-state index contributed by atoms with van der Waals surface area (Å²) in [6.45, 7) is 7.65. The molecule has 0 bridgehead atoms. The van der Waals surface area contributed by atoms with Crippen molar-refractivity contribution in [2.45, 2.75) is 69.2 Å². The van der Waals surface area contributed by atoms with Crippen LogP contribution in [0.5, 0.6) is 0 Å².